The van der Waals surface area contributed by atoms with Gasteiger partial charge in [-0.25, -0.2) is 4.99 Å². The Labute approximate surface area is 142 Å². The second kappa shape index (κ2) is 5.64. The molecular formula is C15H12Cl2N6. The van der Waals surface area contributed by atoms with E-state index >= 15 is 0 Å². The minimum Gasteiger partial charge on any atom is -0.343 e. The highest BCUT2D eigenvalue weighted by Crippen LogP contribution is 2.29. The number of aromatic amines is 1. The van der Waals surface area contributed by atoms with E-state index in [1.807, 2.05) is 29.4 Å². The third-order valence-electron chi connectivity index (χ3n) is 3.54. The van der Waals surface area contributed by atoms with Gasteiger partial charge in [-0.2, -0.15) is 5.10 Å². The summed E-state index contributed by atoms with van der Waals surface area (Å²) in [5, 5.41) is 13.1. The Morgan fingerprint density at radius 3 is 2.78 bits per heavy atom. The van der Waals surface area contributed by atoms with Crippen LogP contribution in [0.4, 0.5) is 5.69 Å². The van der Waals surface area contributed by atoms with Crippen molar-refractivity contribution in [1.82, 2.24) is 20.5 Å². The molecule has 6 nitrogen and oxygen atoms in total. The molecule has 0 saturated heterocycles. The first-order chi connectivity index (χ1) is 11.2. The lowest BCUT2D eigenvalue weighted by atomic mass is 10.2. The predicted molar refractivity (Wildman–Crippen MR) is 91.2 cm³/mol. The van der Waals surface area contributed by atoms with E-state index in [2.05, 4.69) is 25.9 Å². The molecule has 3 N–H and O–H groups in total. The number of amidine groups is 1. The number of benzene rings is 1. The molecule has 0 fully saturated rings. The third kappa shape index (κ3) is 2.56. The van der Waals surface area contributed by atoms with Gasteiger partial charge in [0.15, 0.2) is 6.17 Å². The lowest BCUT2D eigenvalue weighted by Gasteiger charge is -2.30. The third-order valence-corrected chi connectivity index (χ3v) is 4.17. The van der Waals surface area contributed by atoms with Gasteiger partial charge in [-0.1, -0.05) is 29.3 Å². The summed E-state index contributed by atoms with van der Waals surface area (Å²) < 4.78 is 0. The normalized spacial score (nSPS) is 19.0. The maximum Gasteiger partial charge on any atom is 0.162 e. The SMILES string of the molecule is Clc1cccc(Cl)c1C1=NC2=CC=CN(Nc3cn[nH]c3)C2N1. The lowest BCUT2D eigenvalue weighted by Crippen LogP contribution is -2.46. The van der Waals surface area contributed by atoms with Crippen molar-refractivity contribution in [1.29, 1.82) is 0 Å². The van der Waals surface area contributed by atoms with Gasteiger partial charge in [0, 0.05) is 12.4 Å². The first kappa shape index (κ1) is 14.2. The van der Waals surface area contributed by atoms with Crippen molar-refractivity contribution in [3.05, 3.63) is 70.3 Å². The topological polar surface area (TPSA) is 68.3 Å². The first-order valence-corrected chi connectivity index (χ1v) is 7.70. The molecule has 0 radical (unpaired) electrons. The maximum absolute atomic E-state index is 6.28. The molecular weight excluding hydrogens is 335 g/mol. The number of nitrogens with one attached hydrogen (secondary N) is 3. The molecule has 0 spiro atoms. The van der Waals surface area contributed by atoms with E-state index < -0.39 is 0 Å². The van der Waals surface area contributed by atoms with Gasteiger partial charge in [-0.05, 0) is 24.3 Å². The van der Waals surface area contributed by atoms with E-state index in [0.29, 0.717) is 21.4 Å². The highest BCUT2D eigenvalue weighted by molar-refractivity contribution is 6.40. The number of allylic oxidation sites excluding steroid dienone is 2. The Morgan fingerprint density at radius 2 is 2.04 bits per heavy atom. The standard InChI is InChI=1S/C15H12Cl2N6/c16-10-3-1-4-11(17)13(10)14-20-12-5-2-6-23(15(12)21-14)22-9-7-18-19-8-9/h1-8,15,22H,(H,18,19)(H,20,21). The second-order valence-corrected chi connectivity index (χ2v) is 5.86. The Balaban J connectivity index is 1.62. The van der Waals surface area contributed by atoms with Crippen LogP contribution in [-0.2, 0) is 0 Å². The zero-order chi connectivity index (χ0) is 15.8. The van der Waals surface area contributed by atoms with Crippen LogP contribution >= 0.6 is 23.2 Å². The van der Waals surface area contributed by atoms with Gasteiger partial charge < -0.3 is 5.32 Å². The van der Waals surface area contributed by atoms with Crippen LogP contribution in [0, 0.1) is 0 Å². The first-order valence-electron chi connectivity index (χ1n) is 6.94. The van der Waals surface area contributed by atoms with Crippen molar-refractivity contribution >= 4 is 34.7 Å². The van der Waals surface area contributed by atoms with Crippen LogP contribution in [0.3, 0.4) is 0 Å². The Hall–Kier alpha value is -2.44. The molecule has 8 heteroatoms. The number of hydrogen-bond donors (Lipinski definition) is 3. The number of aliphatic imine (C=N–C) groups is 1. The summed E-state index contributed by atoms with van der Waals surface area (Å²) in [5.74, 6) is 0.652. The van der Waals surface area contributed by atoms with Crippen LogP contribution < -0.4 is 10.7 Å². The largest absolute Gasteiger partial charge is 0.343 e. The zero-order valence-corrected chi connectivity index (χ0v) is 13.3. The second-order valence-electron chi connectivity index (χ2n) is 5.04. The highest BCUT2D eigenvalue weighted by Gasteiger charge is 2.31. The van der Waals surface area contributed by atoms with E-state index in [1.165, 1.54) is 0 Å². The van der Waals surface area contributed by atoms with E-state index in [4.69, 9.17) is 23.2 Å². The van der Waals surface area contributed by atoms with Gasteiger partial charge in [0.25, 0.3) is 0 Å². The van der Waals surface area contributed by atoms with E-state index in [-0.39, 0.29) is 6.17 Å². The number of hydrazine groups is 1. The maximum atomic E-state index is 6.28. The molecule has 1 atom stereocenters. The van der Waals surface area contributed by atoms with E-state index in [0.717, 1.165) is 11.4 Å². The Bertz CT molecular complexity index is 804. The van der Waals surface area contributed by atoms with E-state index in [9.17, 15) is 0 Å². The molecule has 1 aromatic carbocycles. The van der Waals surface area contributed by atoms with Crippen molar-refractivity contribution in [3.63, 3.8) is 0 Å². The molecule has 1 aromatic heterocycles. The van der Waals surface area contributed by atoms with Gasteiger partial charge >= 0.3 is 0 Å². The van der Waals surface area contributed by atoms with Crippen molar-refractivity contribution in [3.8, 4) is 0 Å². The molecule has 0 saturated carbocycles. The van der Waals surface area contributed by atoms with Crippen LogP contribution in [0.25, 0.3) is 0 Å². The van der Waals surface area contributed by atoms with Crippen LogP contribution in [0.5, 0.6) is 0 Å². The number of anilines is 1. The Morgan fingerprint density at radius 1 is 1.22 bits per heavy atom. The minimum absolute atomic E-state index is 0.155. The molecule has 3 heterocycles. The number of H-pyrrole nitrogens is 1. The fraction of sp³-hybridized carbons (Fsp3) is 0.0667. The van der Waals surface area contributed by atoms with Gasteiger partial charge in [0.1, 0.15) is 5.84 Å². The summed E-state index contributed by atoms with van der Waals surface area (Å²) in [5.41, 5.74) is 5.67. The summed E-state index contributed by atoms with van der Waals surface area (Å²) in [6.07, 6.45) is 9.10. The number of halogens is 2. The van der Waals surface area contributed by atoms with Crippen LogP contribution in [0.2, 0.25) is 10.0 Å². The Kier molecular flexibility index (Phi) is 3.48. The summed E-state index contributed by atoms with van der Waals surface area (Å²) >= 11 is 12.6. The summed E-state index contributed by atoms with van der Waals surface area (Å²) in [6.45, 7) is 0. The smallest absolute Gasteiger partial charge is 0.162 e. The fourth-order valence-electron chi connectivity index (χ4n) is 2.50. The molecule has 2 aliphatic heterocycles. The zero-order valence-electron chi connectivity index (χ0n) is 11.8. The molecule has 4 rings (SSSR count). The number of rotatable bonds is 3. The monoisotopic (exact) mass is 346 g/mol. The van der Waals surface area contributed by atoms with Crippen molar-refractivity contribution in [2.24, 2.45) is 4.99 Å². The number of aromatic nitrogens is 2. The molecule has 2 aliphatic rings. The highest BCUT2D eigenvalue weighted by atomic mass is 35.5. The molecule has 23 heavy (non-hydrogen) atoms. The molecule has 2 aromatic rings. The quantitative estimate of drug-likeness (QED) is 0.798. The van der Waals surface area contributed by atoms with Crippen molar-refractivity contribution < 1.29 is 0 Å². The average Bonchev–Trinajstić information content (AvgIpc) is 3.17. The van der Waals surface area contributed by atoms with Crippen molar-refractivity contribution in [2.45, 2.75) is 6.17 Å². The van der Waals surface area contributed by atoms with Gasteiger partial charge in [0.05, 0.1) is 33.2 Å². The number of fused-ring (bicyclic) bond motifs is 1. The molecule has 0 aliphatic carbocycles. The molecule has 0 amide bonds. The predicted octanol–water partition coefficient (Wildman–Crippen LogP) is 3.13. The van der Waals surface area contributed by atoms with Crippen LogP contribution in [0.15, 0.2) is 59.6 Å². The number of hydrogen-bond acceptors (Lipinski definition) is 5. The van der Waals surface area contributed by atoms with Gasteiger partial charge in [-0.3, -0.25) is 15.5 Å². The van der Waals surface area contributed by atoms with Gasteiger partial charge in [-0.15, -0.1) is 0 Å². The van der Waals surface area contributed by atoms with Gasteiger partial charge in [0.2, 0.25) is 0 Å². The number of nitrogens with zero attached hydrogens (tertiary/aromatic N) is 3. The summed E-state index contributed by atoms with van der Waals surface area (Å²) in [4.78, 5) is 4.62. The minimum atomic E-state index is -0.155. The summed E-state index contributed by atoms with van der Waals surface area (Å²) in [7, 11) is 0. The molecule has 1 unspecified atom stereocenters. The van der Waals surface area contributed by atoms with Crippen molar-refractivity contribution in [2.75, 3.05) is 5.43 Å². The molecule has 0 bridgehead atoms. The lowest BCUT2D eigenvalue weighted by molar-refractivity contribution is 0.348. The fourth-order valence-corrected chi connectivity index (χ4v) is 3.08. The average molecular weight is 347 g/mol. The molecule has 116 valence electrons. The van der Waals surface area contributed by atoms with E-state index in [1.54, 1.807) is 24.5 Å². The van der Waals surface area contributed by atoms with Crippen LogP contribution in [0.1, 0.15) is 5.56 Å². The summed E-state index contributed by atoms with van der Waals surface area (Å²) in [6, 6.07) is 5.40. The van der Waals surface area contributed by atoms with Crippen LogP contribution in [-0.4, -0.2) is 27.2 Å².